The van der Waals surface area contributed by atoms with Gasteiger partial charge in [0.1, 0.15) is 0 Å². The van der Waals surface area contributed by atoms with Gasteiger partial charge in [0.2, 0.25) is 5.91 Å². The molecule has 4 nitrogen and oxygen atoms in total. The monoisotopic (exact) mass is 293 g/mol. The van der Waals surface area contributed by atoms with Crippen molar-refractivity contribution in [2.75, 3.05) is 26.4 Å². The second-order valence-corrected chi connectivity index (χ2v) is 5.25. The first-order chi connectivity index (χ1) is 10.2. The number of ether oxygens (including phenoxy) is 1. The predicted molar refractivity (Wildman–Crippen MR) is 84.2 cm³/mol. The summed E-state index contributed by atoms with van der Waals surface area (Å²) in [5.41, 5.74) is 1.07. The first kappa shape index (κ1) is 17.7. The SMILES string of the molecule is CCC(C)C(C(=O)NCCCOCCO)c1ccccc1. The van der Waals surface area contributed by atoms with Crippen molar-refractivity contribution in [3.8, 4) is 0 Å². The molecule has 0 radical (unpaired) electrons. The van der Waals surface area contributed by atoms with Gasteiger partial charge in [0.25, 0.3) is 0 Å². The maximum Gasteiger partial charge on any atom is 0.227 e. The third kappa shape index (κ3) is 6.27. The average Bonchev–Trinajstić information content (AvgIpc) is 2.51. The molecule has 1 aromatic rings. The fraction of sp³-hybridized carbons (Fsp3) is 0.588. The third-order valence-corrected chi connectivity index (χ3v) is 3.65. The van der Waals surface area contributed by atoms with E-state index in [1.165, 1.54) is 0 Å². The average molecular weight is 293 g/mol. The number of nitrogens with one attached hydrogen (secondary N) is 1. The smallest absolute Gasteiger partial charge is 0.227 e. The summed E-state index contributed by atoms with van der Waals surface area (Å²) in [6.07, 6.45) is 1.72. The first-order valence-corrected chi connectivity index (χ1v) is 7.72. The molecule has 0 saturated carbocycles. The van der Waals surface area contributed by atoms with E-state index in [1.807, 2.05) is 30.3 Å². The molecule has 0 heterocycles. The molecular weight excluding hydrogens is 266 g/mol. The van der Waals surface area contributed by atoms with Gasteiger partial charge in [-0.3, -0.25) is 4.79 Å². The van der Waals surface area contributed by atoms with Crippen LogP contribution in [0.15, 0.2) is 30.3 Å². The second-order valence-electron chi connectivity index (χ2n) is 5.25. The molecule has 1 amide bonds. The standard InChI is InChI=1S/C17H27NO3/c1-3-14(2)16(15-8-5-4-6-9-15)17(20)18-10-7-12-21-13-11-19/h4-6,8-9,14,16,19H,3,7,10-13H2,1-2H3,(H,18,20). The van der Waals surface area contributed by atoms with Crippen LogP contribution >= 0.6 is 0 Å². The van der Waals surface area contributed by atoms with Crippen molar-refractivity contribution in [3.63, 3.8) is 0 Å². The molecule has 1 aromatic carbocycles. The van der Waals surface area contributed by atoms with Crippen LogP contribution < -0.4 is 5.32 Å². The molecule has 0 aliphatic carbocycles. The van der Waals surface area contributed by atoms with Gasteiger partial charge in [-0.2, -0.15) is 0 Å². The van der Waals surface area contributed by atoms with Crippen LogP contribution in [0, 0.1) is 5.92 Å². The summed E-state index contributed by atoms with van der Waals surface area (Å²) in [5, 5.41) is 11.6. The molecular formula is C17H27NO3. The van der Waals surface area contributed by atoms with E-state index in [0.717, 1.165) is 18.4 Å². The van der Waals surface area contributed by atoms with Gasteiger partial charge < -0.3 is 15.2 Å². The minimum Gasteiger partial charge on any atom is -0.394 e. The van der Waals surface area contributed by atoms with E-state index in [-0.39, 0.29) is 18.4 Å². The van der Waals surface area contributed by atoms with Crippen molar-refractivity contribution in [1.29, 1.82) is 0 Å². The van der Waals surface area contributed by atoms with Gasteiger partial charge in [0.05, 0.1) is 19.1 Å². The number of hydrogen-bond donors (Lipinski definition) is 2. The molecule has 0 bridgehead atoms. The van der Waals surface area contributed by atoms with Crippen molar-refractivity contribution >= 4 is 5.91 Å². The van der Waals surface area contributed by atoms with Crippen LogP contribution in [0.3, 0.4) is 0 Å². The van der Waals surface area contributed by atoms with Crippen LogP contribution in [0.5, 0.6) is 0 Å². The summed E-state index contributed by atoms with van der Waals surface area (Å²) in [6.45, 7) is 5.77. The molecule has 2 atom stereocenters. The van der Waals surface area contributed by atoms with Gasteiger partial charge in [0.15, 0.2) is 0 Å². The molecule has 1 rings (SSSR count). The zero-order valence-electron chi connectivity index (χ0n) is 13.0. The van der Waals surface area contributed by atoms with Crippen molar-refractivity contribution < 1.29 is 14.6 Å². The predicted octanol–water partition coefficient (Wildman–Crippen LogP) is 2.33. The minimum atomic E-state index is -0.102. The second kappa shape index (κ2) is 10.4. The fourth-order valence-corrected chi connectivity index (χ4v) is 2.30. The largest absolute Gasteiger partial charge is 0.394 e. The first-order valence-electron chi connectivity index (χ1n) is 7.72. The summed E-state index contributed by atoms with van der Waals surface area (Å²) >= 11 is 0. The lowest BCUT2D eigenvalue weighted by Gasteiger charge is -2.22. The van der Waals surface area contributed by atoms with E-state index in [1.54, 1.807) is 0 Å². The Morgan fingerprint density at radius 2 is 2.00 bits per heavy atom. The molecule has 0 aliphatic rings. The molecule has 0 aromatic heterocycles. The Morgan fingerprint density at radius 3 is 2.62 bits per heavy atom. The lowest BCUT2D eigenvalue weighted by atomic mass is 9.85. The molecule has 2 unspecified atom stereocenters. The van der Waals surface area contributed by atoms with Crippen LogP contribution in [0.1, 0.15) is 38.2 Å². The quantitative estimate of drug-likeness (QED) is 0.651. The fourth-order valence-electron chi connectivity index (χ4n) is 2.30. The maximum atomic E-state index is 12.4. The Balaban J connectivity index is 2.49. The number of carbonyl (C=O) groups is 1. The number of benzene rings is 1. The van der Waals surface area contributed by atoms with E-state index in [2.05, 4.69) is 19.2 Å². The van der Waals surface area contributed by atoms with Crippen LogP contribution in [-0.4, -0.2) is 37.4 Å². The number of aliphatic hydroxyl groups is 1. The minimum absolute atomic E-state index is 0.0381. The molecule has 0 saturated heterocycles. The lowest BCUT2D eigenvalue weighted by molar-refractivity contribution is -0.123. The zero-order valence-corrected chi connectivity index (χ0v) is 13.0. The van der Waals surface area contributed by atoms with Crippen molar-refractivity contribution in [3.05, 3.63) is 35.9 Å². The Kier molecular flexibility index (Phi) is 8.71. The molecule has 2 N–H and O–H groups in total. The summed E-state index contributed by atoms with van der Waals surface area (Å²) < 4.78 is 5.18. The number of hydrogen-bond acceptors (Lipinski definition) is 3. The summed E-state index contributed by atoms with van der Waals surface area (Å²) in [5.74, 6) is 0.283. The van der Waals surface area contributed by atoms with Crippen LogP contribution in [0.4, 0.5) is 0 Å². The highest BCUT2D eigenvalue weighted by molar-refractivity contribution is 5.83. The van der Waals surface area contributed by atoms with Gasteiger partial charge in [-0.25, -0.2) is 0 Å². The lowest BCUT2D eigenvalue weighted by Crippen LogP contribution is -2.33. The van der Waals surface area contributed by atoms with E-state index >= 15 is 0 Å². The molecule has 0 fully saturated rings. The summed E-state index contributed by atoms with van der Waals surface area (Å²) in [7, 11) is 0. The number of aliphatic hydroxyl groups excluding tert-OH is 1. The van der Waals surface area contributed by atoms with Crippen molar-refractivity contribution in [2.24, 2.45) is 5.92 Å². The molecule has 0 spiro atoms. The van der Waals surface area contributed by atoms with E-state index in [0.29, 0.717) is 25.7 Å². The van der Waals surface area contributed by atoms with Crippen LogP contribution in [0.25, 0.3) is 0 Å². The van der Waals surface area contributed by atoms with Crippen molar-refractivity contribution in [1.82, 2.24) is 5.32 Å². The van der Waals surface area contributed by atoms with Gasteiger partial charge in [-0.15, -0.1) is 0 Å². The Bertz CT molecular complexity index is 394. The molecule has 118 valence electrons. The van der Waals surface area contributed by atoms with Crippen LogP contribution in [-0.2, 0) is 9.53 Å². The van der Waals surface area contributed by atoms with E-state index in [9.17, 15) is 4.79 Å². The molecule has 21 heavy (non-hydrogen) atoms. The van der Waals surface area contributed by atoms with E-state index < -0.39 is 0 Å². The Morgan fingerprint density at radius 1 is 1.29 bits per heavy atom. The van der Waals surface area contributed by atoms with Crippen molar-refractivity contribution in [2.45, 2.75) is 32.6 Å². The number of carbonyl (C=O) groups excluding carboxylic acids is 1. The van der Waals surface area contributed by atoms with Gasteiger partial charge >= 0.3 is 0 Å². The summed E-state index contributed by atoms with van der Waals surface area (Å²) in [4.78, 5) is 12.4. The highest BCUT2D eigenvalue weighted by atomic mass is 16.5. The van der Waals surface area contributed by atoms with E-state index in [4.69, 9.17) is 9.84 Å². The normalized spacial score (nSPS) is 13.7. The number of amides is 1. The van der Waals surface area contributed by atoms with Crippen LogP contribution in [0.2, 0.25) is 0 Å². The highest BCUT2D eigenvalue weighted by Crippen LogP contribution is 2.26. The Labute approximate surface area is 127 Å². The molecule has 0 aliphatic heterocycles. The summed E-state index contributed by atoms with van der Waals surface area (Å²) in [6, 6.07) is 9.94. The number of rotatable bonds is 10. The van der Waals surface area contributed by atoms with Gasteiger partial charge in [-0.05, 0) is 17.9 Å². The van der Waals surface area contributed by atoms with Gasteiger partial charge in [-0.1, -0.05) is 50.6 Å². The topological polar surface area (TPSA) is 58.6 Å². The molecule has 4 heteroatoms. The maximum absolute atomic E-state index is 12.4. The third-order valence-electron chi connectivity index (χ3n) is 3.65. The zero-order chi connectivity index (χ0) is 15.5. The highest BCUT2D eigenvalue weighted by Gasteiger charge is 2.25. The Hall–Kier alpha value is -1.39. The van der Waals surface area contributed by atoms with Gasteiger partial charge in [0, 0.05) is 13.2 Å².